The van der Waals surface area contributed by atoms with Gasteiger partial charge in [0.05, 0.1) is 6.10 Å². The molecule has 0 bridgehead atoms. The van der Waals surface area contributed by atoms with Gasteiger partial charge in [0.25, 0.3) is 0 Å². The fraction of sp³-hybridized carbons (Fsp3) is 0.500. The number of methoxy groups -OCH3 is 1. The van der Waals surface area contributed by atoms with E-state index in [1.54, 1.807) is 19.2 Å². The summed E-state index contributed by atoms with van der Waals surface area (Å²) in [6.07, 6.45) is 4.90. The predicted molar refractivity (Wildman–Crippen MR) is 71.6 cm³/mol. The zero-order valence-corrected chi connectivity index (χ0v) is 10.7. The molecule has 1 fully saturated rings. The highest BCUT2D eigenvalue weighted by molar-refractivity contribution is 5.93. The van der Waals surface area contributed by atoms with Crippen molar-refractivity contribution in [2.45, 2.75) is 37.8 Å². The molecule has 1 saturated carbocycles. The van der Waals surface area contributed by atoms with E-state index in [0.717, 1.165) is 24.9 Å². The average molecular weight is 248 g/mol. The van der Waals surface area contributed by atoms with Gasteiger partial charge in [-0.1, -0.05) is 0 Å². The molecule has 98 valence electrons. The minimum absolute atomic E-state index is 0.362. The van der Waals surface area contributed by atoms with Crippen molar-refractivity contribution in [3.05, 3.63) is 29.8 Å². The maximum atomic E-state index is 11.0. The van der Waals surface area contributed by atoms with Gasteiger partial charge in [-0.25, -0.2) is 0 Å². The molecule has 0 radical (unpaired) electrons. The predicted octanol–water partition coefficient (Wildman–Crippen LogP) is 2.16. The van der Waals surface area contributed by atoms with Gasteiger partial charge in [-0.05, 0) is 49.9 Å². The first kappa shape index (κ1) is 12.9. The highest BCUT2D eigenvalue weighted by Crippen LogP contribution is 2.23. The fourth-order valence-electron chi connectivity index (χ4n) is 2.46. The van der Waals surface area contributed by atoms with Crippen molar-refractivity contribution >= 4 is 11.6 Å². The summed E-state index contributed by atoms with van der Waals surface area (Å²) in [4.78, 5) is 11.0. The molecule has 0 heterocycles. The van der Waals surface area contributed by atoms with Crippen LogP contribution in [0.3, 0.4) is 0 Å². The minimum Gasteiger partial charge on any atom is -0.382 e. The second kappa shape index (κ2) is 5.87. The van der Waals surface area contributed by atoms with Crippen molar-refractivity contribution < 1.29 is 9.53 Å². The summed E-state index contributed by atoms with van der Waals surface area (Å²) in [6, 6.07) is 7.75. The van der Waals surface area contributed by atoms with Crippen molar-refractivity contribution in [1.29, 1.82) is 0 Å². The molecule has 2 unspecified atom stereocenters. The summed E-state index contributed by atoms with van der Waals surface area (Å²) in [6.45, 7) is 0. The third-order valence-corrected chi connectivity index (χ3v) is 3.50. The summed E-state index contributed by atoms with van der Waals surface area (Å²) >= 11 is 0. The van der Waals surface area contributed by atoms with Crippen LogP contribution in [0.25, 0.3) is 0 Å². The molecular weight excluding hydrogens is 228 g/mol. The number of anilines is 1. The second-order valence-corrected chi connectivity index (χ2v) is 4.81. The van der Waals surface area contributed by atoms with E-state index >= 15 is 0 Å². The van der Waals surface area contributed by atoms with Crippen molar-refractivity contribution in [2.75, 3.05) is 12.4 Å². The van der Waals surface area contributed by atoms with E-state index in [9.17, 15) is 4.79 Å². The third-order valence-electron chi connectivity index (χ3n) is 3.50. The van der Waals surface area contributed by atoms with Crippen LogP contribution in [0, 0.1) is 0 Å². The molecule has 1 aromatic rings. The van der Waals surface area contributed by atoms with E-state index in [0.29, 0.717) is 17.7 Å². The van der Waals surface area contributed by atoms with Crippen LogP contribution in [-0.2, 0) is 4.74 Å². The van der Waals surface area contributed by atoms with E-state index in [-0.39, 0.29) is 0 Å². The topological polar surface area (TPSA) is 64.3 Å². The van der Waals surface area contributed by atoms with Crippen LogP contribution in [0.5, 0.6) is 0 Å². The van der Waals surface area contributed by atoms with E-state index in [1.165, 1.54) is 6.42 Å². The zero-order valence-electron chi connectivity index (χ0n) is 10.7. The lowest BCUT2D eigenvalue weighted by Crippen LogP contribution is -2.31. The Morgan fingerprint density at radius 1 is 1.33 bits per heavy atom. The quantitative estimate of drug-likeness (QED) is 0.858. The molecule has 0 aliphatic heterocycles. The zero-order chi connectivity index (χ0) is 13.0. The number of carbonyl (C=O) groups excluding carboxylic acids is 1. The lowest BCUT2D eigenvalue weighted by Gasteiger charge is -2.29. The Morgan fingerprint density at radius 3 is 2.67 bits per heavy atom. The molecule has 1 aliphatic rings. The number of primary amides is 1. The lowest BCUT2D eigenvalue weighted by atomic mass is 9.92. The number of hydrogen-bond acceptors (Lipinski definition) is 3. The first-order chi connectivity index (χ1) is 8.69. The normalized spacial score (nSPS) is 23.6. The van der Waals surface area contributed by atoms with Crippen molar-refractivity contribution in [1.82, 2.24) is 0 Å². The van der Waals surface area contributed by atoms with Gasteiger partial charge in [0.15, 0.2) is 0 Å². The van der Waals surface area contributed by atoms with E-state index in [1.807, 2.05) is 12.1 Å². The Bertz CT molecular complexity index is 403. The molecule has 4 heteroatoms. The molecule has 4 nitrogen and oxygen atoms in total. The molecule has 1 aromatic carbocycles. The van der Waals surface area contributed by atoms with Gasteiger partial charge >= 0.3 is 0 Å². The first-order valence-corrected chi connectivity index (χ1v) is 6.38. The van der Waals surface area contributed by atoms with Crippen molar-refractivity contribution in [3.63, 3.8) is 0 Å². The van der Waals surface area contributed by atoms with Crippen LogP contribution in [0.2, 0.25) is 0 Å². The smallest absolute Gasteiger partial charge is 0.248 e. The molecular formula is C14H20N2O2. The number of rotatable bonds is 4. The number of ether oxygens (including phenoxy) is 1. The van der Waals surface area contributed by atoms with Gasteiger partial charge < -0.3 is 15.8 Å². The Kier molecular flexibility index (Phi) is 4.20. The standard InChI is InChI=1S/C14H20N2O2/c1-18-13-4-2-3-12(9-13)16-11-7-5-10(6-8-11)14(15)17/h5-8,12-13,16H,2-4,9H2,1H3,(H2,15,17). The van der Waals surface area contributed by atoms with Crippen LogP contribution in [0.4, 0.5) is 5.69 Å². The molecule has 0 spiro atoms. The monoisotopic (exact) mass is 248 g/mol. The second-order valence-electron chi connectivity index (χ2n) is 4.81. The number of amides is 1. The number of nitrogens with one attached hydrogen (secondary N) is 1. The Balaban J connectivity index is 1.94. The molecule has 0 saturated heterocycles. The summed E-state index contributed by atoms with van der Waals surface area (Å²) in [5.74, 6) is -0.390. The average Bonchev–Trinajstić information content (AvgIpc) is 2.39. The van der Waals surface area contributed by atoms with Crippen LogP contribution in [0.15, 0.2) is 24.3 Å². The van der Waals surface area contributed by atoms with E-state index in [4.69, 9.17) is 10.5 Å². The maximum Gasteiger partial charge on any atom is 0.248 e. The Morgan fingerprint density at radius 2 is 2.06 bits per heavy atom. The van der Waals surface area contributed by atoms with Crippen molar-refractivity contribution in [2.24, 2.45) is 5.73 Å². The number of carbonyl (C=O) groups is 1. The molecule has 2 rings (SSSR count). The van der Waals surface area contributed by atoms with E-state index < -0.39 is 5.91 Å². The molecule has 1 aliphatic carbocycles. The Labute approximate surface area is 108 Å². The minimum atomic E-state index is -0.390. The van der Waals surface area contributed by atoms with Gasteiger partial charge in [-0.15, -0.1) is 0 Å². The largest absolute Gasteiger partial charge is 0.382 e. The SMILES string of the molecule is COC1CCCC(Nc2ccc(C(N)=O)cc2)C1. The Hall–Kier alpha value is -1.55. The van der Waals surface area contributed by atoms with Crippen LogP contribution in [-0.4, -0.2) is 25.2 Å². The molecule has 1 amide bonds. The molecule has 2 atom stereocenters. The third kappa shape index (κ3) is 3.23. The van der Waals surface area contributed by atoms with Crippen molar-refractivity contribution in [3.8, 4) is 0 Å². The summed E-state index contributed by atoms with van der Waals surface area (Å²) in [5, 5.41) is 3.48. The van der Waals surface area contributed by atoms with Gasteiger partial charge in [-0.2, -0.15) is 0 Å². The van der Waals surface area contributed by atoms with Gasteiger partial charge in [0, 0.05) is 24.4 Å². The highest BCUT2D eigenvalue weighted by atomic mass is 16.5. The van der Waals surface area contributed by atoms with Gasteiger partial charge in [0.1, 0.15) is 0 Å². The number of hydrogen-bond donors (Lipinski definition) is 2. The lowest BCUT2D eigenvalue weighted by molar-refractivity contribution is 0.0669. The molecule has 18 heavy (non-hydrogen) atoms. The van der Waals surface area contributed by atoms with Gasteiger partial charge in [0.2, 0.25) is 5.91 Å². The van der Waals surface area contributed by atoms with Gasteiger partial charge in [-0.3, -0.25) is 4.79 Å². The summed E-state index contributed by atoms with van der Waals surface area (Å²) in [5.41, 5.74) is 6.78. The van der Waals surface area contributed by atoms with Crippen LogP contribution < -0.4 is 11.1 Å². The molecule has 0 aromatic heterocycles. The fourth-order valence-corrected chi connectivity index (χ4v) is 2.46. The first-order valence-electron chi connectivity index (χ1n) is 6.38. The number of nitrogens with two attached hydrogens (primary N) is 1. The molecule has 3 N–H and O–H groups in total. The highest BCUT2D eigenvalue weighted by Gasteiger charge is 2.21. The van der Waals surface area contributed by atoms with Crippen LogP contribution >= 0.6 is 0 Å². The van der Waals surface area contributed by atoms with Crippen LogP contribution in [0.1, 0.15) is 36.0 Å². The number of benzene rings is 1. The van der Waals surface area contributed by atoms with E-state index in [2.05, 4.69) is 5.32 Å². The summed E-state index contributed by atoms with van der Waals surface area (Å²) in [7, 11) is 1.77. The summed E-state index contributed by atoms with van der Waals surface area (Å²) < 4.78 is 5.41. The maximum absolute atomic E-state index is 11.0.